The largest absolute Gasteiger partial charge is 0.386 e. The van der Waals surface area contributed by atoms with E-state index < -0.39 is 11.7 Å². The summed E-state index contributed by atoms with van der Waals surface area (Å²) < 4.78 is 0. The maximum Gasteiger partial charge on any atom is 0.127 e. The lowest BCUT2D eigenvalue weighted by Crippen LogP contribution is -2.55. The maximum atomic E-state index is 10.1. The van der Waals surface area contributed by atoms with Crippen molar-refractivity contribution in [2.75, 3.05) is 6.54 Å². The summed E-state index contributed by atoms with van der Waals surface area (Å²) in [6.07, 6.45) is 5.88. The van der Waals surface area contributed by atoms with Crippen LogP contribution < -0.4 is 5.32 Å². The molecule has 3 nitrogen and oxygen atoms in total. The van der Waals surface area contributed by atoms with Crippen LogP contribution in [0.15, 0.2) is 24.3 Å². The van der Waals surface area contributed by atoms with E-state index in [0.717, 1.165) is 6.54 Å². The fourth-order valence-electron chi connectivity index (χ4n) is 1.50. The molecule has 0 aromatic heterocycles. The van der Waals surface area contributed by atoms with Gasteiger partial charge in [-0.2, -0.15) is 0 Å². The molecular weight excluding hydrogens is 166 g/mol. The fourth-order valence-corrected chi connectivity index (χ4v) is 1.50. The van der Waals surface area contributed by atoms with Gasteiger partial charge in [0.25, 0.3) is 0 Å². The van der Waals surface area contributed by atoms with Gasteiger partial charge in [-0.25, -0.2) is 0 Å². The summed E-state index contributed by atoms with van der Waals surface area (Å²) in [6.45, 7) is 4.60. The smallest absolute Gasteiger partial charge is 0.127 e. The lowest BCUT2D eigenvalue weighted by atomic mass is 9.86. The first kappa shape index (κ1) is 10.4. The molecule has 0 radical (unpaired) electrons. The van der Waals surface area contributed by atoms with Gasteiger partial charge in [-0.15, -0.1) is 0 Å². The minimum Gasteiger partial charge on any atom is -0.386 e. The Bertz CT molecular complexity index is 225. The third-order valence-electron chi connectivity index (χ3n) is 2.45. The van der Waals surface area contributed by atoms with Crippen molar-refractivity contribution in [1.29, 1.82) is 0 Å². The molecule has 1 aliphatic rings. The number of hydrogen-bond acceptors (Lipinski definition) is 3. The Balaban J connectivity index is 2.74. The molecule has 74 valence electrons. The third-order valence-corrected chi connectivity index (χ3v) is 2.45. The molecular formula is C10H17NO2. The van der Waals surface area contributed by atoms with Gasteiger partial charge < -0.3 is 15.5 Å². The average molecular weight is 183 g/mol. The molecule has 3 atom stereocenters. The molecule has 3 heteroatoms. The Morgan fingerprint density at radius 1 is 1.54 bits per heavy atom. The van der Waals surface area contributed by atoms with Crippen molar-refractivity contribution in [3.05, 3.63) is 24.3 Å². The minimum atomic E-state index is -1.18. The van der Waals surface area contributed by atoms with Crippen LogP contribution >= 0.6 is 0 Å². The lowest BCUT2D eigenvalue weighted by Gasteiger charge is -2.36. The molecule has 1 aliphatic carbocycles. The molecule has 0 bridgehead atoms. The summed E-state index contributed by atoms with van der Waals surface area (Å²) in [5.74, 6) is 0. The van der Waals surface area contributed by atoms with Crippen LogP contribution in [0.5, 0.6) is 0 Å². The van der Waals surface area contributed by atoms with Crippen molar-refractivity contribution in [3.63, 3.8) is 0 Å². The van der Waals surface area contributed by atoms with Crippen LogP contribution in [0.2, 0.25) is 0 Å². The monoisotopic (exact) mass is 183 g/mol. The number of nitrogens with one attached hydrogen (secondary N) is 1. The first-order valence-corrected chi connectivity index (χ1v) is 4.61. The predicted octanol–water partition coefficient (Wildman–Crippen LogP) is 0.202. The molecule has 3 unspecified atom stereocenters. The second-order valence-corrected chi connectivity index (χ2v) is 3.36. The summed E-state index contributed by atoms with van der Waals surface area (Å²) in [6, 6.07) is -0.159. The lowest BCUT2D eigenvalue weighted by molar-refractivity contribution is -0.0377. The standard InChI is InChI=1S/C10H17NO2/c1-3-11-8(2)10(13)7-5-4-6-9(10)12/h4-9,11-13H,3H2,1-2H3. The number of hydrogen-bond donors (Lipinski definition) is 3. The predicted molar refractivity (Wildman–Crippen MR) is 52.4 cm³/mol. The third kappa shape index (κ3) is 1.99. The zero-order chi connectivity index (χ0) is 9.90. The van der Waals surface area contributed by atoms with Gasteiger partial charge in [-0.05, 0) is 19.5 Å². The van der Waals surface area contributed by atoms with Gasteiger partial charge in [0.2, 0.25) is 0 Å². The summed E-state index contributed by atoms with van der Waals surface area (Å²) >= 11 is 0. The van der Waals surface area contributed by atoms with Gasteiger partial charge >= 0.3 is 0 Å². The van der Waals surface area contributed by atoms with E-state index >= 15 is 0 Å². The molecule has 13 heavy (non-hydrogen) atoms. The molecule has 0 aliphatic heterocycles. The van der Waals surface area contributed by atoms with Crippen molar-refractivity contribution in [2.45, 2.75) is 31.6 Å². The Kier molecular flexibility index (Phi) is 3.25. The van der Waals surface area contributed by atoms with Crippen molar-refractivity contribution in [2.24, 2.45) is 0 Å². The molecule has 0 saturated heterocycles. The minimum absolute atomic E-state index is 0.159. The highest BCUT2D eigenvalue weighted by Crippen LogP contribution is 2.22. The maximum absolute atomic E-state index is 10.1. The van der Waals surface area contributed by atoms with Gasteiger partial charge in [0, 0.05) is 6.04 Å². The van der Waals surface area contributed by atoms with Crippen LogP contribution in [0.1, 0.15) is 13.8 Å². The van der Waals surface area contributed by atoms with Crippen LogP contribution in [0.4, 0.5) is 0 Å². The SMILES string of the molecule is CCNC(C)C1(O)C=CC=CC1O. The van der Waals surface area contributed by atoms with E-state index in [1.165, 1.54) is 0 Å². The average Bonchev–Trinajstić information content (AvgIpc) is 2.11. The van der Waals surface area contributed by atoms with Gasteiger partial charge in [-0.3, -0.25) is 0 Å². The number of aliphatic hydroxyl groups excluding tert-OH is 1. The molecule has 0 spiro atoms. The highest BCUT2D eigenvalue weighted by molar-refractivity contribution is 5.25. The number of aliphatic hydroxyl groups is 2. The molecule has 0 amide bonds. The van der Waals surface area contributed by atoms with Gasteiger partial charge in [0.15, 0.2) is 0 Å². The number of allylic oxidation sites excluding steroid dienone is 2. The van der Waals surface area contributed by atoms with Crippen LogP contribution in [0.3, 0.4) is 0 Å². The molecule has 0 heterocycles. The first-order valence-electron chi connectivity index (χ1n) is 4.61. The highest BCUT2D eigenvalue weighted by atomic mass is 16.3. The number of likely N-dealkylation sites (N-methyl/N-ethyl adjacent to an activating group) is 1. The van der Waals surface area contributed by atoms with Gasteiger partial charge in [0.05, 0.1) is 0 Å². The van der Waals surface area contributed by atoms with E-state index in [2.05, 4.69) is 5.32 Å². The Labute approximate surface area is 78.8 Å². The Morgan fingerprint density at radius 2 is 2.23 bits per heavy atom. The number of rotatable bonds is 3. The van der Waals surface area contributed by atoms with Gasteiger partial charge in [-0.1, -0.05) is 25.2 Å². The molecule has 0 aromatic carbocycles. The second kappa shape index (κ2) is 4.05. The second-order valence-electron chi connectivity index (χ2n) is 3.36. The van der Waals surface area contributed by atoms with Crippen LogP contribution in [-0.2, 0) is 0 Å². The quantitative estimate of drug-likeness (QED) is 0.586. The fraction of sp³-hybridized carbons (Fsp3) is 0.600. The first-order chi connectivity index (χ1) is 6.11. The van der Waals surface area contributed by atoms with Crippen molar-refractivity contribution in [1.82, 2.24) is 5.32 Å². The highest BCUT2D eigenvalue weighted by Gasteiger charge is 2.37. The molecule has 1 rings (SSSR count). The van der Waals surface area contributed by atoms with E-state index in [9.17, 15) is 10.2 Å². The topological polar surface area (TPSA) is 52.5 Å². The van der Waals surface area contributed by atoms with Crippen molar-refractivity contribution < 1.29 is 10.2 Å². The Morgan fingerprint density at radius 3 is 2.77 bits per heavy atom. The van der Waals surface area contributed by atoms with Crippen LogP contribution in [-0.4, -0.2) is 34.5 Å². The summed E-state index contributed by atoms with van der Waals surface area (Å²) in [7, 11) is 0. The van der Waals surface area contributed by atoms with Crippen molar-refractivity contribution >= 4 is 0 Å². The zero-order valence-electron chi connectivity index (χ0n) is 8.07. The molecule has 0 fully saturated rings. The van der Waals surface area contributed by atoms with E-state index in [4.69, 9.17) is 0 Å². The van der Waals surface area contributed by atoms with E-state index in [1.54, 1.807) is 24.3 Å². The summed E-state index contributed by atoms with van der Waals surface area (Å²) in [5.41, 5.74) is -1.18. The van der Waals surface area contributed by atoms with Crippen LogP contribution in [0.25, 0.3) is 0 Å². The normalized spacial score (nSPS) is 34.9. The summed E-state index contributed by atoms with van der Waals surface area (Å²) in [5, 5.41) is 22.8. The molecule has 3 N–H and O–H groups in total. The van der Waals surface area contributed by atoms with E-state index in [1.807, 2.05) is 13.8 Å². The molecule has 0 aromatic rings. The van der Waals surface area contributed by atoms with E-state index in [0.29, 0.717) is 0 Å². The summed E-state index contributed by atoms with van der Waals surface area (Å²) in [4.78, 5) is 0. The Hall–Kier alpha value is -0.640. The van der Waals surface area contributed by atoms with Crippen LogP contribution in [0, 0.1) is 0 Å². The van der Waals surface area contributed by atoms with Crippen molar-refractivity contribution in [3.8, 4) is 0 Å². The zero-order valence-corrected chi connectivity index (χ0v) is 8.07. The van der Waals surface area contributed by atoms with E-state index in [-0.39, 0.29) is 6.04 Å². The van der Waals surface area contributed by atoms with Gasteiger partial charge in [0.1, 0.15) is 11.7 Å². The molecule has 0 saturated carbocycles.